The Bertz CT molecular complexity index is 389. The number of aliphatic hydroxyl groups is 1. The van der Waals surface area contributed by atoms with E-state index in [0.717, 1.165) is 70.6 Å². The number of unbranched alkanes of at least 4 members (excludes halogenated alkanes) is 5. The molecule has 0 amide bonds. The molecule has 0 heterocycles. The van der Waals surface area contributed by atoms with Crippen molar-refractivity contribution in [2.75, 3.05) is 0 Å². The lowest BCUT2D eigenvalue weighted by atomic mass is 9.80. The number of carboxylic acid groups (broad SMARTS) is 1. The molecule has 3 atom stereocenters. The Kier molecular flexibility index (Phi) is 9.57. The summed E-state index contributed by atoms with van der Waals surface area (Å²) in [4.78, 5) is 22.7. The molecule has 1 fully saturated rings. The van der Waals surface area contributed by atoms with Gasteiger partial charge < -0.3 is 10.2 Å². The normalized spacial score (nSPS) is 23.4. The van der Waals surface area contributed by atoms with E-state index in [2.05, 4.69) is 6.92 Å². The minimum Gasteiger partial charge on any atom is -0.481 e. The van der Waals surface area contributed by atoms with E-state index in [0.29, 0.717) is 18.1 Å². The lowest BCUT2D eigenvalue weighted by Gasteiger charge is -2.29. The Labute approximate surface area is 147 Å². The average Bonchev–Trinajstić information content (AvgIpc) is 2.82. The summed E-state index contributed by atoms with van der Waals surface area (Å²) < 4.78 is 0. The van der Waals surface area contributed by atoms with Crippen molar-refractivity contribution in [3.05, 3.63) is 0 Å². The van der Waals surface area contributed by atoms with Gasteiger partial charge in [-0.15, -0.1) is 0 Å². The summed E-state index contributed by atoms with van der Waals surface area (Å²) in [6, 6.07) is 0. The van der Waals surface area contributed by atoms with Crippen LogP contribution in [0.15, 0.2) is 0 Å². The van der Waals surface area contributed by atoms with E-state index in [4.69, 9.17) is 5.11 Å². The van der Waals surface area contributed by atoms with Gasteiger partial charge in [0, 0.05) is 18.8 Å². The van der Waals surface area contributed by atoms with Gasteiger partial charge in [-0.2, -0.15) is 0 Å². The molecule has 1 aliphatic carbocycles. The van der Waals surface area contributed by atoms with Crippen molar-refractivity contribution in [3.63, 3.8) is 0 Å². The van der Waals surface area contributed by atoms with Gasteiger partial charge >= 0.3 is 5.97 Å². The summed E-state index contributed by atoms with van der Waals surface area (Å²) in [6.07, 6.45) is 11.3. The van der Waals surface area contributed by atoms with Crippen LogP contribution in [0.1, 0.15) is 97.3 Å². The van der Waals surface area contributed by atoms with Gasteiger partial charge in [-0.3, -0.25) is 9.59 Å². The molecule has 0 aliphatic heterocycles. The highest BCUT2D eigenvalue weighted by atomic mass is 16.4. The van der Waals surface area contributed by atoms with Crippen LogP contribution >= 0.6 is 0 Å². The highest BCUT2D eigenvalue weighted by Crippen LogP contribution is 2.39. The molecule has 0 aromatic rings. The molecule has 0 spiro atoms. The fourth-order valence-corrected chi connectivity index (χ4v) is 4.03. The summed E-state index contributed by atoms with van der Waals surface area (Å²) in [6.45, 7) is 4.09. The van der Waals surface area contributed by atoms with Gasteiger partial charge in [0.2, 0.25) is 0 Å². The van der Waals surface area contributed by atoms with Crippen molar-refractivity contribution in [3.8, 4) is 0 Å². The van der Waals surface area contributed by atoms with Crippen LogP contribution in [0.3, 0.4) is 0 Å². The molecule has 24 heavy (non-hydrogen) atoms. The Morgan fingerprint density at radius 1 is 1.17 bits per heavy atom. The molecule has 3 unspecified atom stereocenters. The maximum atomic E-state index is 12.2. The van der Waals surface area contributed by atoms with Crippen LogP contribution in [-0.2, 0) is 9.59 Å². The zero-order chi connectivity index (χ0) is 18.0. The summed E-state index contributed by atoms with van der Waals surface area (Å²) in [5.41, 5.74) is -0.649. The lowest BCUT2D eigenvalue weighted by molar-refractivity contribution is -0.137. The molecule has 4 nitrogen and oxygen atoms in total. The molecule has 0 aromatic heterocycles. The van der Waals surface area contributed by atoms with Crippen LogP contribution in [0.4, 0.5) is 0 Å². The van der Waals surface area contributed by atoms with Crippen LogP contribution < -0.4 is 0 Å². The van der Waals surface area contributed by atoms with Crippen molar-refractivity contribution in [2.24, 2.45) is 11.8 Å². The van der Waals surface area contributed by atoms with E-state index >= 15 is 0 Å². The third-order valence-electron chi connectivity index (χ3n) is 5.42. The number of Topliss-reactive ketones (excluding diaryl/α,β-unsaturated/α-hetero) is 1. The van der Waals surface area contributed by atoms with E-state index in [1.807, 2.05) is 6.92 Å². The van der Waals surface area contributed by atoms with Crippen LogP contribution in [0, 0.1) is 11.8 Å². The predicted molar refractivity (Wildman–Crippen MR) is 95.9 cm³/mol. The first-order valence-electron chi connectivity index (χ1n) is 9.82. The van der Waals surface area contributed by atoms with Crippen LogP contribution in [0.5, 0.6) is 0 Å². The molecule has 0 radical (unpaired) electrons. The van der Waals surface area contributed by atoms with Gasteiger partial charge in [-0.1, -0.05) is 45.4 Å². The van der Waals surface area contributed by atoms with Crippen LogP contribution in [-0.4, -0.2) is 27.6 Å². The van der Waals surface area contributed by atoms with E-state index < -0.39 is 11.6 Å². The number of carbonyl (C=O) groups excluding carboxylic acids is 1. The summed E-state index contributed by atoms with van der Waals surface area (Å²) in [5, 5.41) is 19.3. The molecule has 4 heteroatoms. The number of carbonyl (C=O) groups is 2. The van der Waals surface area contributed by atoms with E-state index in [1.54, 1.807) is 0 Å². The molecule has 1 aliphatic rings. The molecule has 1 saturated carbocycles. The first-order valence-corrected chi connectivity index (χ1v) is 9.82. The van der Waals surface area contributed by atoms with Crippen LogP contribution in [0.25, 0.3) is 0 Å². The molecule has 0 aromatic carbocycles. The van der Waals surface area contributed by atoms with E-state index in [-0.39, 0.29) is 12.3 Å². The first kappa shape index (κ1) is 21.1. The van der Waals surface area contributed by atoms with Gasteiger partial charge in [-0.25, -0.2) is 0 Å². The van der Waals surface area contributed by atoms with E-state index in [9.17, 15) is 14.7 Å². The molecular formula is C20H36O4. The number of carboxylic acids is 1. The highest BCUT2D eigenvalue weighted by Gasteiger charge is 2.37. The third-order valence-corrected chi connectivity index (χ3v) is 5.42. The fourth-order valence-electron chi connectivity index (χ4n) is 4.03. The van der Waals surface area contributed by atoms with Gasteiger partial charge in [0.25, 0.3) is 0 Å². The van der Waals surface area contributed by atoms with Gasteiger partial charge in [0.1, 0.15) is 5.78 Å². The largest absolute Gasteiger partial charge is 0.481 e. The molecule has 140 valence electrons. The van der Waals surface area contributed by atoms with Gasteiger partial charge in [0.15, 0.2) is 0 Å². The minimum absolute atomic E-state index is 0.113. The van der Waals surface area contributed by atoms with Crippen molar-refractivity contribution in [2.45, 2.75) is 103 Å². The van der Waals surface area contributed by atoms with Gasteiger partial charge in [0.05, 0.1) is 5.60 Å². The summed E-state index contributed by atoms with van der Waals surface area (Å²) in [7, 11) is 0. The summed E-state index contributed by atoms with van der Waals surface area (Å²) >= 11 is 0. The zero-order valence-electron chi connectivity index (χ0n) is 15.6. The topological polar surface area (TPSA) is 74.6 Å². The van der Waals surface area contributed by atoms with Crippen molar-refractivity contribution >= 4 is 11.8 Å². The quantitative estimate of drug-likeness (QED) is 0.475. The molecule has 0 saturated heterocycles. The maximum absolute atomic E-state index is 12.2. The van der Waals surface area contributed by atoms with E-state index in [1.165, 1.54) is 0 Å². The number of ketones is 1. The second-order valence-corrected chi connectivity index (χ2v) is 7.88. The standard InChI is InChI=1S/C20H36O4/c1-3-4-9-14-20(2,24)15-16-12-13-18(21)17(16)10-7-5-6-8-11-19(22)23/h16-17,24H,3-15H2,1-2H3,(H,22,23). The van der Waals surface area contributed by atoms with Crippen molar-refractivity contribution in [1.29, 1.82) is 0 Å². The van der Waals surface area contributed by atoms with Crippen molar-refractivity contribution in [1.82, 2.24) is 0 Å². The third kappa shape index (κ3) is 8.27. The van der Waals surface area contributed by atoms with Gasteiger partial charge in [-0.05, 0) is 44.9 Å². The van der Waals surface area contributed by atoms with Crippen LogP contribution in [0.2, 0.25) is 0 Å². The fraction of sp³-hybridized carbons (Fsp3) is 0.900. The Morgan fingerprint density at radius 2 is 1.88 bits per heavy atom. The maximum Gasteiger partial charge on any atom is 0.303 e. The zero-order valence-corrected chi connectivity index (χ0v) is 15.6. The smallest absolute Gasteiger partial charge is 0.303 e. The number of rotatable bonds is 13. The second kappa shape index (κ2) is 10.9. The second-order valence-electron chi connectivity index (χ2n) is 7.88. The molecule has 2 N–H and O–H groups in total. The van der Waals surface area contributed by atoms with Crippen molar-refractivity contribution < 1.29 is 19.8 Å². The number of hydrogen-bond acceptors (Lipinski definition) is 3. The monoisotopic (exact) mass is 340 g/mol. The number of aliphatic carboxylic acids is 1. The minimum atomic E-state index is -0.730. The summed E-state index contributed by atoms with van der Waals surface area (Å²) in [5.74, 6) is 0.0801. The lowest BCUT2D eigenvalue weighted by Crippen LogP contribution is -2.30. The molecule has 0 bridgehead atoms. The Morgan fingerprint density at radius 3 is 2.54 bits per heavy atom. The first-order chi connectivity index (χ1) is 11.4. The number of hydrogen-bond donors (Lipinski definition) is 2. The molecular weight excluding hydrogens is 304 g/mol. The Balaban J connectivity index is 2.33. The molecule has 1 rings (SSSR count). The highest BCUT2D eigenvalue weighted by molar-refractivity contribution is 5.83. The predicted octanol–water partition coefficient (Wildman–Crippen LogP) is 4.73. The SMILES string of the molecule is CCCCCC(C)(O)CC1CCC(=O)C1CCCCCCC(=O)O. The Hall–Kier alpha value is -0.900. The average molecular weight is 341 g/mol.